The molecule has 0 unspecified atom stereocenters. The molecule has 0 radical (unpaired) electrons. The quantitative estimate of drug-likeness (QED) is 0.833. The van der Waals surface area contributed by atoms with Crippen molar-refractivity contribution in [1.82, 2.24) is 4.90 Å². The van der Waals surface area contributed by atoms with Gasteiger partial charge in [0, 0.05) is 12.5 Å². The number of nitrogens with zero attached hydrogens (tertiary/aromatic N) is 1. The van der Waals surface area contributed by atoms with Crippen LogP contribution in [0.3, 0.4) is 0 Å². The van der Waals surface area contributed by atoms with Gasteiger partial charge < -0.3 is 9.64 Å². The molecule has 1 fully saturated rings. The van der Waals surface area contributed by atoms with Crippen molar-refractivity contribution in [3.05, 3.63) is 29.3 Å². The van der Waals surface area contributed by atoms with Gasteiger partial charge >= 0.3 is 0 Å². The minimum Gasteiger partial charge on any atom is -0.493 e. The first-order valence-corrected chi connectivity index (χ1v) is 6.54. The second-order valence-corrected chi connectivity index (χ2v) is 5.30. The van der Waals surface area contributed by atoms with Crippen LogP contribution < -0.4 is 4.74 Å². The topological polar surface area (TPSA) is 12.5 Å². The molecule has 1 aromatic rings. The van der Waals surface area contributed by atoms with Crippen molar-refractivity contribution in [2.24, 2.45) is 5.92 Å². The molecular weight excluding hydrogens is 246 g/mol. The Hall–Kier alpha value is -0.730. The summed E-state index contributed by atoms with van der Waals surface area (Å²) in [6.07, 6.45) is 2.60. The fourth-order valence-electron chi connectivity index (χ4n) is 2.64. The standard InChI is InChI=1S/C15H23NO.ClH/c1-12-6-4-7-13(2)15(12)17-11-14-8-5-9-16(3)10-14;/h4,6-7,14H,5,8-11H2,1-3H3;1H/t14-;/m0./s1. The van der Waals surface area contributed by atoms with Crippen molar-refractivity contribution >= 4 is 12.4 Å². The van der Waals surface area contributed by atoms with Gasteiger partial charge in [0.05, 0.1) is 6.61 Å². The van der Waals surface area contributed by atoms with Crippen LogP contribution in [0.1, 0.15) is 24.0 Å². The highest BCUT2D eigenvalue weighted by Crippen LogP contribution is 2.24. The van der Waals surface area contributed by atoms with Crippen molar-refractivity contribution < 1.29 is 4.74 Å². The third-order valence-electron chi connectivity index (χ3n) is 3.59. The van der Waals surface area contributed by atoms with E-state index in [-0.39, 0.29) is 12.4 Å². The second-order valence-electron chi connectivity index (χ2n) is 5.30. The van der Waals surface area contributed by atoms with Crippen molar-refractivity contribution in [3.8, 4) is 5.75 Å². The zero-order chi connectivity index (χ0) is 12.3. The molecule has 0 aromatic heterocycles. The van der Waals surface area contributed by atoms with Gasteiger partial charge in [0.15, 0.2) is 0 Å². The summed E-state index contributed by atoms with van der Waals surface area (Å²) >= 11 is 0. The lowest BCUT2D eigenvalue weighted by Crippen LogP contribution is -2.34. The first kappa shape index (κ1) is 15.3. The van der Waals surface area contributed by atoms with Gasteiger partial charge in [0.1, 0.15) is 5.75 Å². The van der Waals surface area contributed by atoms with Crippen LogP contribution in [0, 0.1) is 19.8 Å². The molecule has 0 N–H and O–H groups in total. The molecule has 1 aliphatic rings. The first-order valence-electron chi connectivity index (χ1n) is 6.54. The Morgan fingerprint density at radius 1 is 1.28 bits per heavy atom. The van der Waals surface area contributed by atoms with E-state index in [0.29, 0.717) is 5.92 Å². The predicted octanol–water partition coefficient (Wildman–Crippen LogP) is 3.45. The summed E-state index contributed by atoms with van der Waals surface area (Å²) in [6.45, 7) is 7.51. The number of halogens is 1. The molecule has 1 heterocycles. The van der Waals surface area contributed by atoms with Gasteiger partial charge in [-0.25, -0.2) is 0 Å². The molecule has 102 valence electrons. The molecule has 0 amide bonds. The average Bonchev–Trinajstić information content (AvgIpc) is 2.28. The summed E-state index contributed by atoms with van der Waals surface area (Å²) in [5, 5.41) is 0. The number of ether oxygens (including phenoxy) is 1. The Bertz CT molecular complexity index is 361. The van der Waals surface area contributed by atoms with Gasteiger partial charge in [-0.2, -0.15) is 0 Å². The summed E-state index contributed by atoms with van der Waals surface area (Å²) in [7, 11) is 2.20. The smallest absolute Gasteiger partial charge is 0.125 e. The third-order valence-corrected chi connectivity index (χ3v) is 3.59. The van der Waals surface area contributed by atoms with Crippen LogP contribution in [0.25, 0.3) is 0 Å². The molecule has 2 nitrogen and oxygen atoms in total. The van der Waals surface area contributed by atoms with Crippen LogP contribution in [0.5, 0.6) is 5.75 Å². The third kappa shape index (κ3) is 3.89. The number of benzene rings is 1. The normalized spacial score (nSPS) is 20.3. The molecule has 0 spiro atoms. The highest BCUT2D eigenvalue weighted by molar-refractivity contribution is 5.85. The van der Waals surface area contributed by atoms with Crippen LogP contribution in [0.4, 0.5) is 0 Å². The molecule has 0 aliphatic carbocycles. The van der Waals surface area contributed by atoms with E-state index in [2.05, 4.69) is 44.0 Å². The van der Waals surface area contributed by atoms with Gasteiger partial charge in [-0.05, 0) is 51.4 Å². The highest BCUT2D eigenvalue weighted by atomic mass is 35.5. The Labute approximate surface area is 117 Å². The van der Waals surface area contributed by atoms with Crippen molar-refractivity contribution in [2.75, 3.05) is 26.7 Å². The Kier molecular flexibility index (Phi) is 5.97. The van der Waals surface area contributed by atoms with Gasteiger partial charge in [-0.1, -0.05) is 18.2 Å². The maximum Gasteiger partial charge on any atom is 0.125 e. The minimum atomic E-state index is 0. The van der Waals surface area contributed by atoms with Crippen LogP contribution in [-0.4, -0.2) is 31.6 Å². The van der Waals surface area contributed by atoms with E-state index in [9.17, 15) is 0 Å². The van der Waals surface area contributed by atoms with Gasteiger partial charge in [0.2, 0.25) is 0 Å². The SMILES string of the molecule is Cc1cccc(C)c1OC[C@H]1CCCN(C)C1.Cl. The molecule has 0 bridgehead atoms. The minimum absolute atomic E-state index is 0. The second kappa shape index (κ2) is 7.01. The molecule has 1 saturated heterocycles. The lowest BCUT2D eigenvalue weighted by atomic mass is 9.99. The van der Waals surface area contributed by atoms with E-state index in [0.717, 1.165) is 12.4 Å². The number of hydrogen-bond donors (Lipinski definition) is 0. The van der Waals surface area contributed by atoms with Gasteiger partial charge in [-0.15, -0.1) is 12.4 Å². The molecule has 18 heavy (non-hydrogen) atoms. The lowest BCUT2D eigenvalue weighted by Gasteiger charge is -2.29. The fourth-order valence-corrected chi connectivity index (χ4v) is 2.64. The summed E-state index contributed by atoms with van der Waals surface area (Å²) in [5.74, 6) is 1.77. The number of rotatable bonds is 3. The highest BCUT2D eigenvalue weighted by Gasteiger charge is 2.18. The Balaban J connectivity index is 0.00000162. The molecule has 0 saturated carbocycles. The fraction of sp³-hybridized carbons (Fsp3) is 0.600. The molecular formula is C15H24ClNO. The number of aryl methyl sites for hydroxylation is 2. The van der Waals surface area contributed by atoms with E-state index in [4.69, 9.17) is 4.74 Å². The zero-order valence-electron chi connectivity index (χ0n) is 11.6. The molecule has 1 aromatic carbocycles. The van der Waals surface area contributed by atoms with Crippen LogP contribution in [0.2, 0.25) is 0 Å². The number of para-hydroxylation sites is 1. The summed E-state index contributed by atoms with van der Waals surface area (Å²) in [6, 6.07) is 6.33. The Morgan fingerprint density at radius 3 is 2.56 bits per heavy atom. The van der Waals surface area contributed by atoms with Gasteiger partial charge in [0.25, 0.3) is 0 Å². The predicted molar refractivity (Wildman–Crippen MR) is 78.9 cm³/mol. The van der Waals surface area contributed by atoms with Gasteiger partial charge in [-0.3, -0.25) is 0 Å². The van der Waals surface area contributed by atoms with Crippen molar-refractivity contribution in [1.29, 1.82) is 0 Å². The average molecular weight is 270 g/mol. The Morgan fingerprint density at radius 2 is 1.94 bits per heavy atom. The van der Waals surface area contributed by atoms with E-state index in [1.165, 1.54) is 37.1 Å². The monoisotopic (exact) mass is 269 g/mol. The molecule has 1 atom stereocenters. The maximum atomic E-state index is 6.03. The van der Waals surface area contributed by atoms with E-state index < -0.39 is 0 Å². The van der Waals surface area contributed by atoms with E-state index in [1.54, 1.807) is 0 Å². The molecule has 3 heteroatoms. The molecule has 1 aliphatic heterocycles. The summed E-state index contributed by atoms with van der Waals surface area (Å²) in [5.41, 5.74) is 2.49. The first-order chi connectivity index (χ1) is 8.16. The van der Waals surface area contributed by atoms with Crippen molar-refractivity contribution in [3.63, 3.8) is 0 Å². The summed E-state index contributed by atoms with van der Waals surface area (Å²) in [4.78, 5) is 2.40. The molecule has 2 rings (SSSR count). The van der Waals surface area contributed by atoms with Crippen LogP contribution in [0.15, 0.2) is 18.2 Å². The lowest BCUT2D eigenvalue weighted by molar-refractivity contribution is 0.149. The summed E-state index contributed by atoms with van der Waals surface area (Å²) < 4.78 is 6.03. The van der Waals surface area contributed by atoms with E-state index in [1.807, 2.05) is 0 Å². The zero-order valence-corrected chi connectivity index (χ0v) is 12.4. The van der Waals surface area contributed by atoms with Crippen LogP contribution >= 0.6 is 12.4 Å². The number of hydrogen-bond acceptors (Lipinski definition) is 2. The number of likely N-dealkylation sites (tertiary alicyclic amines) is 1. The van der Waals surface area contributed by atoms with E-state index >= 15 is 0 Å². The maximum absolute atomic E-state index is 6.03. The van der Waals surface area contributed by atoms with Crippen molar-refractivity contribution in [2.45, 2.75) is 26.7 Å². The van der Waals surface area contributed by atoms with Crippen LogP contribution in [-0.2, 0) is 0 Å². The largest absolute Gasteiger partial charge is 0.493 e. The number of piperidine rings is 1.